The summed E-state index contributed by atoms with van der Waals surface area (Å²) in [6, 6.07) is 12.6. The van der Waals surface area contributed by atoms with E-state index < -0.39 is 0 Å². The molecule has 16 heavy (non-hydrogen) atoms. The van der Waals surface area contributed by atoms with Crippen molar-refractivity contribution >= 4 is 23.2 Å². The molecule has 1 aliphatic rings. The molecule has 0 aliphatic carbocycles. The third kappa shape index (κ3) is 1.74. The minimum Gasteiger partial charge on any atom is -0.265 e. The van der Waals surface area contributed by atoms with E-state index >= 15 is 0 Å². The summed E-state index contributed by atoms with van der Waals surface area (Å²) in [6.45, 7) is 0.987. The van der Waals surface area contributed by atoms with Crippen molar-refractivity contribution in [3.05, 3.63) is 52.2 Å². The third-order valence-electron chi connectivity index (χ3n) is 2.73. The lowest BCUT2D eigenvalue weighted by molar-refractivity contribution is 0.897. The Labute approximate surface area is 98.8 Å². The summed E-state index contributed by atoms with van der Waals surface area (Å²) in [5.41, 5.74) is 2.64. The van der Waals surface area contributed by atoms with E-state index in [1.165, 1.54) is 16.1 Å². The summed E-state index contributed by atoms with van der Waals surface area (Å²) in [7, 11) is 0. The lowest BCUT2D eigenvalue weighted by Crippen LogP contribution is -2.12. The van der Waals surface area contributed by atoms with Crippen LogP contribution < -0.4 is 5.01 Å². The predicted octanol–water partition coefficient (Wildman–Crippen LogP) is 3.14. The largest absolute Gasteiger partial charge is 0.265 e. The van der Waals surface area contributed by atoms with Crippen molar-refractivity contribution in [2.75, 3.05) is 11.6 Å². The highest BCUT2D eigenvalue weighted by atomic mass is 32.1. The molecule has 1 aromatic carbocycles. The number of anilines is 1. The van der Waals surface area contributed by atoms with Crippen LogP contribution in [0.3, 0.4) is 0 Å². The maximum absolute atomic E-state index is 4.53. The number of hydrogen-bond acceptors (Lipinski definition) is 3. The number of hydrazone groups is 1. The molecule has 1 aromatic heterocycles. The molecule has 0 saturated heterocycles. The molecule has 0 amide bonds. The summed E-state index contributed by atoms with van der Waals surface area (Å²) in [5, 5.41) is 8.67. The Morgan fingerprint density at radius 3 is 3.00 bits per heavy atom. The molecule has 3 rings (SSSR count). The van der Waals surface area contributed by atoms with Gasteiger partial charge in [-0.3, -0.25) is 5.01 Å². The van der Waals surface area contributed by atoms with Crippen LogP contribution in [0.15, 0.2) is 46.9 Å². The number of hydrogen-bond donors (Lipinski definition) is 0. The monoisotopic (exact) mass is 228 g/mol. The Morgan fingerprint density at radius 2 is 2.12 bits per heavy atom. The molecular weight excluding hydrogens is 216 g/mol. The van der Waals surface area contributed by atoms with Crippen molar-refractivity contribution in [1.82, 2.24) is 0 Å². The van der Waals surface area contributed by atoms with Crippen LogP contribution in [0, 0.1) is 0 Å². The van der Waals surface area contributed by atoms with Crippen LogP contribution in [0.4, 0.5) is 5.69 Å². The van der Waals surface area contributed by atoms with Gasteiger partial charge in [-0.25, -0.2) is 0 Å². The van der Waals surface area contributed by atoms with Crippen LogP contribution >= 0.6 is 11.3 Å². The van der Waals surface area contributed by atoms with Gasteiger partial charge in [-0.15, -0.1) is 11.3 Å². The molecule has 0 radical (unpaired) electrons. The predicted molar refractivity (Wildman–Crippen MR) is 69.4 cm³/mol. The summed E-state index contributed by atoms with van der Waals surface area (Å²) in [5.74, 6) is 0. The minimum absolute atomic E-state index is 0.987. The van der Waals surface area contributed by atoms with Crippen molar-refractivity contribution in [2.24, 2.45) is 5.10 Å². The fraction of sp³-hybridized carbons (Fsp3) is 0.154. The molecule has 3 heteroatoms. The standard InChI is InChI=1S/C13H12N2S/c1-2-6-13-11(4-1)7-8-15(13)14-10-12-5-3-9-16-12/h1-6,9-10H,7-8H2. The Kier molecular flexibility index (Phi) is 2.46. The Balaban J connectivity index is 1.83. The fourth-order valence-electron chi connectivity index (χ4n) is 1.93. The number of benzene rings is 1. The smallest absolute Gasteiger partial charge is 0.0647 e. The first kappa shape index (κ1) is 9.60. The van der Waals surface area contributed by atoms with Gasteiger partial charge in [0.15, 0.2) is 0 Å². The maximum Gasteiger partial charge on any atom is 0.0647 e. The van der Waals surface area contributed by atoms with Crippen molar-refractivity contribution in [2.45, 2.75) is 6.42 Å². The number of fused-ring (bicyclic) bond motifs is 1. The fourth-order valence-corrected chi connectivity index (χ4v) is 2.51. The van der Waals surface area contributed by atoms with Gasteiger partial charge in [-0.2, -0.15) is 5.10 Å². The van der Waals surface area contributed by atoms with Gasteiger partial charge in [0.05, 0.1) is 11.9 Å². The van der Waals surface area contributed by atoms with Gasteiger partial charge in [0.2, 0.25) is 0 Å². The van der Waals surface area contributed by atoms with Crippen molar-refractivity contribution < 1.29 is 0 Å². The maximum atomic E-state index is 4.53. The molecule has 1 aliphatic heterocycles. The highest BCUT2D eigenvalue weighted by molar-refractivity contribution is 7.11. The normalized spacial score (nSPS) is 14.6. The average Bonchev–Trinajstić information content (AvgIpc) is 2.96. The van der Waals surface area contributed by atoms with E-state index in [4.69, 9.17) is 0 Å². The average molecular weight is 228 g/mol. The third-order valence-corrected chi connectivity index (χ3v) is 3.54. The zero-order valence-electron chi connectivity index (χ0n) is 8.84. The van der Waals surface area contributed by atoms with Crippen LogP contribution in [0.2, 0.25) is 0 Å². The highest BCUT2D eigenvalue weighted by Gasteiger charge is 2.16. The summed E-state index contributed by atoms with van der Waals surface area (Å²) in [4.78, 5) is 1.20. The van der Waals surface area contributed by atoms with Gasteiger partial charge in [0.1, 0.15) is 0 Å². The molecule has 2 aromatic rings. The van der Waals surface area contributed by atoms with Crippen molar-refractivity contribution in [3.63, 3.8) is 0 Å². The number of para-hydroxylation sites is 1. The van der Waals surface area contributed by atoms with E-state index in [-0.39, 0.29) is 0 Å². The molecule has 0 atom stereocenters. The second-order valence-corrected chi connectivity index (χ2v) is 4.74. The quantitative estimate of drug-likeness (QED) is 0.721. The molecule has 80 valence electrons. The first-order chi connectivity index (χ1) is 7.93. The van der Waals surface area contributed by atoms with Crippen LogP contribution in [0.25, 0.3) is 0 Å². The van der Waals surface area contributed by atoms with Gasteiger partial charge in [-0.1, -0.05) is 24.3 Å². The Bertz CT molecular complexity index is 502. The number of thiophene rings is 1. The molecule has 0 unspecified atom stereocenters. The molecule has 0 saturated carbocycles. The molecule has 2 heterocycles. The zero-order chi connectivity index (χ0) is 10.8. The number of nitrogens with zero attached hydrogens (tertiary/aromatic N) is 2. The van der Waals surface area contributed by atoms with E-state index in [2.05, 4.69) is 45.8 Å². The highest BCUT2D eigenvalue weighted by Crippen LogP contribution is 2.27. The second kappa shape index (κ2) is 4.10. The van der Waals surface area contributed by atoms with Crippen LogP contribution in [0.1, 0.15) is 10.4 Å². The molecule has 0 N–H and O–H groups in total. The van der Waals surface area contributed by atoms with E-state index in [0.717, 1.165) is 13.0 Å². The summed E-state index contributed by atoms with van der Waals surface area (Å²) < 4.78 is 0. The van der Waals surface area contributed by atoms with Gasteiger partial charge < -0.3 is 0 Å². The van der Waals surface area contributed by atoms with Crippen LogP contribution in [0.5, 0.6) is 0 Å². The topological polar surface area (TPSA) is 15.6 Å². The minimum atomic E-state index is 0.987. The van der Waals surface area contributed by atoms with E-state index in [1.54, 1.807) is 11.3 Å². The molecule has 0 bridgehead atoms. The SMILES string of the molecule is C(=NN1CCc2ccccc21)c1cccs1. The van der Waals surface area contributed by atoms with Gasteiger partial charge >= 0.3 is 0 Å². The van der Waals surface area contributed by atoms with Gasteiger partial charge in [0.25, 0.3) is 0 Å². The zero-order valence-corrected chi connectivity index (χ0v) is 9.65. The molecule has 2 nitrogen and oxygen atoms in total. The van der Waals surface area contributed by atoms with Crippen LogP contribution in [-0.4, -0.2) is 12.8 Å². The lowest BCUT2D eigenvalue weighted by atomic mass is 10.2. The molecule has 0 spiro atoms. The van der Waals surface area contributed by atoms with Crippen molar-refractivity contribution in [3.8, 4) is 0 Å². The Hall–Kier alpha value is -1.61. The van der Waals surface area contributed by atoms with E-state index in [1.807, 2.05) is 12.3 Å². The van der Waals surface area contributed by atoms with Gasteiger partial charge in [-0.05, 0) is 29.5 Å². The first-order valence-electron chi connectivity index (χ1n) is 5.36. The Morgan fingerprint density at radius 1 is 1.19 bits per heavy atom. The van der Waals surface area contributed by atoms with E-state index in [9.17, 15) is 0 Å². The second-order valence-electron chi connectivity index (χ2n) is 3.76. The van der Waals surface area contributed by atoms with Crippen molar-refractivity contribution in [1.29, 1.82) is 0 Å². The first-order valence-corrected chi connectivity index (χ1v) is 6.24. The lowest BCUT2D eigenvalue weighted by Gasteiger charge is -2.11. The molecule has 0 fully saturated rings. The van der Waals surface area contributed by atoms with E-state index in [0.29, 0.717) is 0 Å². The summed E-state index contributed by atoms with van der Waals surface area (Å²) in [6.07, 6.45) is 3.03. The van der Waals surface area contributed by atoms with Gasteiger partial charge in [0, 0.05) is 11.4 Å². The number of rotatable bonds is 2. The molecular formula is C13H12N2S. The summed E-state index contributed by atoms with van der Waals surface area (Å²) >= 11 is 1.71. The van der Waals surface area contributed by atoms with Crippen LogP contribution in [-0.2, 0) is 6.42 Å².